The maximum Gasteiger partial charge on any atom is 0.363 e. The molecule has 1 aromatic carbocycles. The molecule has 2 aromatic rings. The number of aryl methyl sites for hydroxylation is 1. The lowest BCUT2D eigenvalue weighted by molar-refractivity contribution is -0.130. The lowest BCUT2D eigenvalue weighted by atomic mass is 10.1. The van der Waals surface area contributed by atoms with Gasteiger partial charge in [0.1, 0.15) is 5.75 Å². The molecular formula is C17H15NO3S. The molecule has 0 amide bonds. The largest absolute Gasteiger partial charge is 0.497 e. The highest BCUT2D eigenvalue weighted by molar-refractivity contribution is 7.10. The van der Waals surface area contributed by atoms with Crippen molar-refractivity contribution in [3.8, 4) is 5.75 Å². The molecule has 2 heterocycles. The van der Waals surface area contributed by atoms with Crippen LogP contribution in [-0.4, -0.2) is 19.0 Å². The Morgan fingerprint density at radius 1 is 1.23 bits per heavy atom. The highest BCUT2D eigenvalue weighted by Gasteiger charge is 2.22. The quantitative estimate of drug-likeness (QED) is 0.625. The molecule has 22 heavy (non-hydrogen) atoms. The van der Waals surface area contributed by atoms with Crippen LogP contribution >= 0.6 is 11.3 Å². The van der Waals surface area contributed by atoms with Gasteiger partial charge in [0.25, 0.3) is 0 Å². The second-order valence-electron chi connectivity index (χ2n) is 4.79. The van der Waals surface area contributed by atoms with E-state index in [1.54, 1.807) is 24.5 Å². The summed E-state index contributed by atoms with van der Waals surface area (Å²) in [5.41, 5.74) is 1.52. The van der Waals surface area contributed by atoms with Gasteiger partial charge in [-0.3, -0.25) is 0 Å². The predicted molar refractivity (Wildman–Crippen MR) is 87.1 cm³/mol. The van der Waals surface area contributed by atoms with E-state index in [-0.39, 0.29) is 5.97 Å². The Labute approximate surface area is 132 Å². The zero-order valence-corrected chi connectivity index (χ0v) is 12.9. The van der Waals surface area contributed by atoms with Crippen molar-refractivity contribution in [1.29, 1.82) is 0 Å². The maximum atomic E-state index is 11.8. The molecule has 5 heteroatoms. The Balaban J connectivity index is 1.64. The van der Waals surface area contributed by atoms with Gasteiger partial charge >= 0.3 is 5.97 Å². The van der Waals surface area contributed by atoms with E-state index >= 15 is 0 Å². The van der Waals surface area contributed by atoms with Crippen LogP contribution in [0.1, 0.15) is 16.9 Å². The first-order valence-corrected chi connectivity index (χ1v) is 7.80. The molecule has 0 radical (unpaired) electrons. The van der Waals surface area contributed by atoms with Crippen LogP contribution in [0.5, 0.6) is 5.75 Å². The zero-order valence-electron chi connectivity index (χ0n) is 12.1. The van der Waals surface area contributed by atoms with Gasteiger partial charge in [-0.2, -0.15) is 0 Å². The summed E-state index contributed by atoms with van der Waals surface area (Å²) < 4.78 is 10.3. The molecule has 0 spiro atoms. The molecule has 0 saturated heterocycles. The number of hydrogen-bond acceptors (Lipinski definition) is 5. The fourth-order valence-corrected chi connectivity index (χ4v) is 2.76. The van der Waals surface area contributed by atoms with Crippen LogP contribution in [-0.2, 0) is 16.0 Å². The minimum atomic E-state index is -0.377. The van der Waals surface area contributed by atoms with Crippen LogP contribution in [0.2, 0.25) is 0 Å². The molecule has 0 fully saturated rings. The normalized spacial score (nSPS) is 15.8. The Kier molecular flexibility index (Phi) is 4.34. The molecule has 0 aliphatic carbocycles. The highest BCUT2D eigenvalue weighted by atomic mass is 32.1. The number of methoxy groups -OCH3 is 1. The van der Waals surface area contributed by atoms with Crippen molar-refractivity contribution in [1.82, 2.24) is 0 Å². The predicted octanol–water partition coefficient (Wildman–Crippen LogP) is 3.69. The van der Waals surface area contributed by atoms with Gasteiger partial charge in [-0.15, -0.1) is 11.3 Å². The Morgan fingerprint density at radius 3 is 2.73 bits per heavy atom. The monoisotopic (exact) mass is 313 g/mol. The van der Waals surface area contributed by atoms with Gasteiger partial charge in [0.2, 0.25) is 0 Å². The summed E-state index contributed by atoms with van der Waals surface area (Å²) >= 11 is 1.56. The van der Waals surface area contributed by atoms with E-state index in [1.165, 1.54) is 0 Å². The number of rotatable bonds is 5. The van der Waals surface area contributed by atoms with Gasteiger partial charge in [-0.25, -0.2) is 9.79 Å². The summed E-state index contributed by atoms with van der Waals surface area (Å²) in [6.07, 6.45) is 3.12. The molecule has 1 aliphatic rings. The van der Waals surface area contributed by atoms with Crippen molar-refractivity contribution in [3.05, 3.63) is 57.9 Å². The molecule has 0 atom stereocenters. The van der Waals surface area contributed by atoms with E-state index in [0.29, 0.717) is 18.0 Å². The molecular weight excluding hydrogens is 298 g/mol. The van der Waals surface area contributed by atoms with E-state index < -0.39 is 0 Å². The SMILES string of the molecule is COc1ccc(CCC2=N/C(=C/c3cccs3)C(=O)O2)cc1. The fourth-order valence-electron chi connectivity index (χ4n) is 2.11. The minimum absolute atomic E-state index is 0.368. The molecule has 112 valence electrons. The molecule has 1 aliphatic heterocycles. The number of nitrogens with zero attached hydrogens (tertiary/aromatic N) is 1. The highest BCUT2D eigenvalue weighted by Crippen LogP contribution is 2.20. The molecule has 0 bridgehead atoms. The van der Waals surface area contributed by atoms with Gasteiger partial charge in [0, 0.05) is 11.3 Å². The number of carbonyl (C=O) groups is 1. The Bertz CT molecular complexity index is 715. The van der Waals surface area contributed by atoms with Crippen molar-refractivity contribution in [2.75, 3.05) is 7.11 Å². The molecule has 0 unspecified atom stereocenters. The summed E-state index contributed by atoms with van der Waals surface area (Å²) in [6.45, 7) is 0. The number of hydrogen-bond donors (Lipinski definition) is 0. The number of cyclic esters (lactones) is 1. The summed E-state index contributed by atoms with van der Waals surface area (Å²) in [5.74, 6) is 0.927. The third kappa shape index (κ3) is 3.43. The molecule has 3 rings (SSSR count). The van der Waals surface area contributed by atoms with Crippen molar-refractivity contribution in [2.45, 2.75) is 12.8 Å². The number of thiophene rings is 1. The van der Waals surface area contributed by atoms with Crippen molar-refractivity contribution in [3.63, 3.8) is 0 Å². The second-order valence-corrected chi connectivity index (χ2v) is 5.77. The standard InChI is InChI=1S/C17H15NO3S/c1-20-13-7-4-12(5-8-13)6-9-16-18-15(17(19)21-16)11-14-3-2-10-22-14/h2-5,7-8,10-11H,6,9H2,1H3/b15-11+. The van der Waals surface area contributed by atoms with E-state index in [2.05, 4.69) is 4.99 Å². The fraction of sp³-hybridized carbons (Fsp3) is 0.176. The van der Waals surface area contributed by atoms with Crippen LogP contribution < -0.4 is 4.74 Å². The summed E-state index contributed by atoms with van der Waals surface area (Å²) in [7, 11) is 1.64. The van der Waals surface area contributed by atoms with E-state index in [4.69, 9.17) is 9.47 Å². The molecule has 0 N–H and O–H groups in total. The van der Waals surface area contributed by atoms with Crippen molar-refractivity contribution in [2.24, 2.45) is 4.99 Å². The lowest BCUT2D eigenvalue weighted by Gasteiger charge is -2.03. The van der Waals surface area contributed by atoms with Gasteiger partial charge in [0.05, 0.1) is 7.11 Å². The van der Waals surface area contributed by atoms with Crippen LogP contribution in [0.25, 0.3) is 6.08 Å². The van der Waals surface area contributed by atoms with Crippen LogP contribution in [0.15, 0.2) is 52.5 Å². The first kappa shape index (κ1) is 14.5. The maximum absolute atomic E-state index is 11.8. The minimum Gasteiger partial charge on any atom is -0.497 e. The first-order valence-electron chi connectivity index (χ1n) is 6.92. The number of carbonyl (C=O) groups excluding carboxylic acids is 1. The van der Waals surface area contributed by atoms with Crippen molar-refractivity contribution >= 4 is 29.3 Å². The number of esters is 1. The average molecular weight is 313 g/mol. The molecule has 4 nitrogen and oxygen atoms in total. The van der Waals surface area contributed by atoms with Crippen LogP contribution in [0, 0.1) is 0 Å². The zero-order chi connectivity index (χ0) is 15.4. The molecule has 0 saturated carbocycles. The Hall–Kier alpha value is -2.40. The van der Waals surface area contributed by atoms with Gasteiger partial charge in [0.15, 0.2) is 11.6 Å². The van der Waals surface area contributed by atoms with E-state index in [1.807, 2.05) is 41.8 Å². The van der Waals surface area contributed by atoms with Crippen molar-refractivity contribution < 1.29 is 14.3 Å². The third-order valence-corrected chi connectivity index (χ3v) is 4.09. The Morgan fingerprint density at radius 2 is 2.05 bits per heavy atom. The number of benzene rings is 1. The first-order chi connectivity index (χ1) is 10.7. The van der Waals surface area contributed by atoms with E-state index in [9.17, 15) is 4.79 Å². The van der Waals surface area contributed by atoms with Gasteiger partial charge in [-0.1, -0.05) is 18.2 Å². The number of ether oxygens (including phenoxy) is 2. The lowest BCUT2D eigenvalue weighted by Crippen LogP contribution is -2.05. The van der Waals surface area contributed by atoms with E-state index in [0.717, 1.165) is 22.6 Å². The summed E-state index contributed by atoms with van der Waals surface area (Å²) in [6, 6.07) is 11.7. The molecule has 1 aromatic heterocycles. The van der Waals surface area contributed by atoms with Gasteiger partial charge in [-0.05, 0) is 41.6 Å². The summed E-state index contributed by atoms with van der Waals surface area (Å²) in [4.78, 5) is 17.1. The summed E-state index contributed by atoms with van der Waals surface area (Å²) in [5, 5.41) is 1.96. The second kappa shape index (κ2) is 6.58. The average Bonchev–Trinajstić information content (AvgIpc) is 3.17. The van der Waals surface area contributed by atoms with Crippen LogP contribution in [0.4, 0.5) is 0 Å². The van der Waals surface area contributed by atoms with Crippen LogP contribution in [0.3, 0.4) is 0 Å². The van der Waals surface area contributed by atoms with Gasteiger partial charge < -0.3 is 9.47 Å². The topological polar surface area (TPSA) is 47.9 Å². The smallest absolute Gasteiger partial charge is 0.363 e. The third-order valence-electron chi connectivity index (χ3n) is 3.27. The number of aliphatic imine (C=N–C) groups is 1.